The fourth-order valence-corrected chi connectivity index (χ4v) is 3.65. The third-order valence-corrected chi connectivity index (χ3v) is 5.22. The Morgan fingerprint density at radius 2 is 2.12 bits per heavy atom. The molecule has 136 valence electrons. The molecule has 0 amide bonds. The number of nitrogens with zero attached hydrogens (tertiary/aromatic N) is 7. The number of piperidine rings is 1. The number of hydrogen-bond donors (Lipinski definition) is 0. The van der Waals surface area contributed by atoms with Crippen LogP contribution >= 0.6 is 0 Å². The lowest BCUT2D eigenvalue weighted by atomic mass is 9.98. The van der Waals surface area contributed by atoms with Crippen LogP contribution in [0.15, 0.2) is 36.8 Å². The molecule has 7 heteroatoms. The van der Waals surface area contributed by atoms with Crippen molar-refractivity contribution in [1.29, 1.82) is 0 Å². The highest BCUT2D eigenvalue weighted by atomic mass is 15.4. The van der Waals surface area contributed by atoms with E-state index < -0.39 is 0 Å². The maximum absolute atomic E-state index is 4.41. The summed E-state index contributed by atoms with van der Waals surface area (Å²) in [4.78, 5) is 11.3. The fraction of sp³-hybridized carbons (Fsp3) is 0.474. The summed E-state index contributed by atoms with van der Waals surface area (Å²) in [5, 5.41) is 8.59. The van der Waals surface area contributed by atoms with Crippen molar-refractivity contribution < 1.29 is 0 Å². The molecule has 0 radical (unpaired) electrons. The average Bonchev–Trinajstić information content (AvgIpc) is 3.25. The van der Waals surface area contributed by atoms with Crippen molar-refractivity contribution in [3.63, 3.8) is 0 Å². The first kappa shape index (κ1) is 16.9. The molecule has 4 heterocycles. The first-order chi connectivity index (χ1) is 12.7. The van der Waals surface area contributed by atoms with Crippen molar-refractivity contribution in [2.24, 2.45) is 13.0 Å². The number of hydrogen-bond acceptors (Lipinski definition) is 5. The molecule has 7 nitrogen and oxygen atoms in total. The van der Waals surface area contributed by atoms with Gasteiger partial charge in [0.1, 0.15) is 11.5 Å². The van der Waals surface area contributed by atoms with Crippen LogP contribution in [-0.4, -0.2) is 47.5 Å². The van der Waals surface area contributed by atoms with Crippen LogP contribution in [0.3, 0.4) is 0 Å². The molecule has 4 rings (SSSR count). The van der Waals surface area contributed by atoms with Crippen LogP contribution in [0.5, 0.6) is 0 Å². The summed E-state index contributed by atoms with van der Waals surface area (Å²) in [6.07, 6.45) is 8.25. The Balaban J connectivity index is 1.38. The smallest absolute Gasteiger partial charge is 0.131 e. The molecule has 1 aliphatic rings. The number of imidazole rings is 1. The topological polar surface area (TPSA) is 64.7 Å². The van der Waals surface area contributed by atoms with E-state index in [1.807, 2.05) is 42.2 Å². The molecule has 26 heavy (non-hydrogen) atoms. The first-order valence-electron chi connectivity index (χ1n) is 9.20. The van der Waals surface area contributed by atoms with E-state index in [1.165, 1.54) is 18.5 Å². The maximum atomic E-state index is 4.41. The normalized spacial score (nSPS) is 18.3. The van der Waals surface area contributed by atoms with Crippen LogP contribution < -0.4 is 0 Å². The Hall–Kier alpha value is -2.54. The van der Waals surface area contributed by atoms with Gasteiger partial charge in [-0.1, -0.05) is 11.3 Å². The van der Waals surface area contributed by atoms with E-state index in [0.29, 0.717) is 5.92 Å². The van der Waals surface area contributed by atoms with Crippen molar-refractivity contribution in [3.8, 4) is 11.4 Å². The van der Waals surface area contributed by atoms with E-state index in [2.05, 4.69) is 36.8 Å². The van der Waals surface area contributed by atoms with Gasteiger partial charge in [0.15, 0.2) is 0 Å². The van der Waals surface area contributed by atoms with Crippen LogP contribution in [0, 0.1) is 12.8 Å². The summed E-state index contributed by atoms with van der Waals surface area (Å²) in [5.41, 5.74) is 2.99. The van der Waals surface area contributed by atoms with E-state index in [9.17, 15) is 0 Å². The van der Waals surface area contributed by atoms with E-state index in [4.69, 9.17) is 0 Å². The van der Waals surface area contributed by atoms with Gasteiger partial charge in [-0.2, -0.15) is 0 Å². The minimum Gasteiger partial charge on any atom is -0.334 e. The Bertz CT molecular complexity index is 852. The second-order valence-electron chi connectivity index (χ2n) is 7.14. The van der Waals surface area contributed by atoms with E-state index in [0.717, 1.165) is 43.4 Å². The minimum absolute atomic E-state index is 0.594. The molecule has 0 aromatic carbocycles. The van der Waals surface area contributed by atoms with Gasteiger partial charge in [0.2, 0.25) is 0 Å². The van der Waals surface area contributed by atoms with Crippen LogP contribution in [0.1, 0.15) is 24.4 Å². The molecule has 0 bridgehead atoms. The quantitative estimate of drug-likeness (QED) is 0.706. The van der Waals surface area contributed by atoms with Crippen LogP contribution in [0.25, 0.3) is 11.4 Å². The summed E-state index contributed by atoms with van der Waals surface area (Å²) in [5.74, 6) is 1.66. The molecule has 0 aliphatic carbocycles. The Morgan fingerprint density at radius 3 is 2.88 bits per heavy atom. The molecule has 3 aromatic heterocycles. The molecule has 3 aromatic rings. The molecule has 1 aliphatic heterocycles. The monoisotopic (exact) mass is 351 g/mol. The highest BCUT2D eigenvalue weighted by Crippen LogP contribution is 2.21. The Kier molecular flexibility index (Phi) is 4.79. The lowest BCUT2D eigenvalue weighted by Crippen LogP contribution is -2.37. The van der Waals surface area contributed by atoms with Crippen molar-refractivity contribution in [2.45, 2.75) is 32.9 Å². The van der Waals surface area contributed by atoms with Crippen molar-refractivity contribution >= 4 is 0 Å². The SMILES string of the molecule is Cc1ncc(CN2CCC[C@@H](Cn3cc(-c4ccccn4)nn3)C2)n1C. The highest BCUT2D eigenvalue weighted by Gasteiger charge is 2.22. The standard InChI is InChI=1S/C19H25N7/c1-15-21-10-17(24(15)2)13-25-9-5-6-16(11-25)12-26-14-19(22-23-26)18-7-3-4-8-20-18/h3-4,7-8,10,14,16H,5-6,9,11-13H2,1-2H3/t16-/m1/s1. The third kappa shape index (κ3) is 3.67. The van der Waals surface area contributed by atoms with E-state index in [1.54, 1.807) is 6.20 Å². The van der Waals surface area contributed by atoms with Gasteiger partial charge in [0, 0.05) is 39.1 Å². The molecular weight excluding hydrogens is 326 g/mol. The molecule has 1 fully saturated rings. The predicted molar refractivity (Wildman–Crippen MR) is 99.2 cm³/mol. The molecule has 0 N–H and O–H groups in total. The molecule has 1 saturated heterocycles. The Labute approximate surface area is 153 Å². The summed E-state index contributed by atoms with van der Waals surface area (Å²) in [7, 11) is 2.09. The second kappa shape index (κ2) is 7.37. The molecular formula is C19H25N7. The van der Waals surface area contributed by atoms with Crippen molar-refractivity contribution in [1.82, 2.24) is 34.4 Å². The third-order valence-electron chi connectivity index (χ3n) is 5.22. The van der Waals surface area contributed by atoms with Gasteiger partial charge >= 0.3 is 0 Å². The number of rotatable bonds is 5. The Morgan fingerprint density at radius 1 is 1.19 bits per heavy atom. The van der Waals surface area contributed by atoms with Crippen molar-refractivity contribution in [3.05, 3.63) is 48.3 Å². The number of likely N-dealkylation sites (tertiary alicyclic amines) is 1. The van der Waals surface area contributed by atoms with Gasteiger partial charge in [0.05, 0.1) is 17.6 Å². The predicted octanol–water partition coefficient (Wildman–Crippen LogP) is 2.29. The number of aryl methyl sites for hydroxylation is 1. The van der Waals surface area contributed by atoms with Gasteiger partial charge in [-0.05, 0) is 44.4 Å². The van der Waals surface area contributed by atoms with Gasteiger partial charge < -0.3 is 4.57 Å². The molecule has 0 spiro atoms. The molecule has 0 saturated carbocycles. The van der Waals surface area contributed by atoms with Gasteiger partial charge in [-0.15, -0.1) is 5.10 Å². The second-order valence-corrected chi connectivity index (χ2v) is 7.14. The average molecular weight is 351 g/mol. The van der Waals surface area contributed by atoms with Crippen LogP contribution in [-0.2, 0) is 20.1 Å². The fourth-order valence-electron chi connectivity index (χ4n) is 3.65. The van der Waals surface area contributed by atoms with Crippen molar-refractivity contribution in [2.75, 3.05) is 13.1 Å². The van der Waals surface area contributed by atoms with Gasteiger partial charge in [0.25, 0.3) is 0 Å². The number of aromatic nitrogens is 6. The van der Waals surface area contributed by atoms with Gasteiger partial charge in [-0.3, -0.25) is 14.6 Å². The van der Waals surface area contributed by atoms with Crippen LogP contribution in [0.4, 0.5) is 0 Å². The largest absolute Gasteiger partial charge is 0.334 e. The number of pyridine rings is 1. The summed E-state index contributed by atoms with van der Waals surface area (Å²) < 4.78 is 4.15. The highest BCUT2D eigenvalue weighted by molar-refractivity contribution is 5.51. The minimum atomic E-state index is 0.594. The van der Waals surface area contributed by atoms with Crippen LogP contribution in [0.2, 0.25) is 0 Å². The van der Waals surface area contributed by atoms with Gasteiger partial charge in [-0.25, -0.2) is 4.98 Å². The van der Waals surface area contributed by atoms with E-state index >= 15 is 0 Å². The zero-order chi connectivity index (χ0) is 17.9. The zero-order valence-corrected chi connectivity index (χ0v) is 15.4. The first-order valence-corrected chi connectivity index (χ1v) is 9.20. The summed E-state index contributed by atoms with van der Waals surface area (Å²) in [6, 6.07) is 5.85. The van der Waals surface area contributed by atoms with E-state index in [-0.39, 0.29) is 0 Å². The summed E-state index contributed by atoms with van der Waals surface area (Å²) in [6.45, 7) is 6.15. The molecule has 1 atom stereocenters. The lowest BCUT2D eigenvalue weighted by molar-refractivity contribution is 0.150. The zero-order valence-electron chi connectivity index (χ0n) is 15.4. The maximum Gasteiger partial charge on any atom is 0.131 e. The summed E-state index contributed by atoms with van der Waals surface area (Å²) >= 11 is 0. The molecule has 0 unspecified atom stereocenters. The lowest BCUT2D eigenvalue weighted by Gasteiger charge is -2.32.